The highest BCUT2D eigenvalue weighted by Crippen LogP contribution is 2.54. The number of amides is 1. The highest BCUT2D eigenvalue weighted by Gasteiger charge is 2.73. The van der Waals surface area contributed by atoms with Crippen molar-refractivity contribution in [3.63, 3.8) is 0 Å². The Morgan fingerprint density at radius 1 is 0.612 bits per heavy atom. The van der Waals surface area contributed by atoms with Gasteiger partial charge < -0.3 is 35.8 Å². The van der Waals surface area contributed by atoms with Gasteiger partial charge in [0.2, 0.25) is 0 Å². The maximum Gasteiger partial charge on any atom is 0.430 e. The summed E-state index contributed by atoms with van der Waals surface area (Å²) in [5.74, 6) is -6.83. The number of aromatic hydroxyl groups is 2. The number of aliphatic hydroxyl groups is 2. The lowest BCUT2D eigenvalue weighted by molar-refractivity contribution is -0.376. The monoisotopic (exact) mass is 724 g/mol. The predicted octanol–water partition coefficient (Wildman–Crippen LogP) is 7.01. The third-order valence-electron chi connectivity index (χ3n) is 6.89. The van der Waals surface area contributed by atoms with Gasteiger partial charge in [-0.3, -0.25) is 9.59 Å². The summed E-state index contributed by atoms with van der Waals surface area (Å²) in [7, 11) is 0.861. The summed E-state index contributed by atoms with van der Waals surface area (Å²) in [6.45, 7) is 0.932. The van der Waals surface area contributed by atoms with Crippen LogP contribution in [0.1, 0.15) is 38.8 Å². The number of Topliss-reactive ketones (excluding diaryl/α,β-unsaturated/α-hetero) is 1. The third-order valence-corrected chi connectivity index (χ3v) is 6.89. The highest BCUT2D eigenvalue weighted by molar-refractivity contribution is 6.08. The molecule has 21 heteroatoms. The lowest BCUT2D eigenvalue weighted by atomic mass is 9.90. The SMILES string of the molecule is CNc1ccc(Oc2ccc(NC(=O)c3cc(O)c(C(C)=O)cc3O)c(C(O)(C(F)(F)F)C(F)(F)F)c2)cc1C(O)(C(F)(F)F)C(F)(F)F. The van der Waals surface area contributed by atoms with E-state index in [1.807, 2.05) is 5.32 Å². The molecule has 0 spiro atoms. The van der Waals surface area contributed by atoms with Gasteiger partial charge >= 0.3 is 24.7 Å². The van der Waals surface area contributed by atoms with Crippen molar-refractivity contribution in [3.05, 3.63) is 70.8 Å². The molecule has 0 unspecified atom stereocenters. The number of phenolic OH excluding ortho intramolecular Hbond substituents is 2. The van der Waals surface area contributed by atoms with Crippen LogP contribution in [-0.4, -0.2) is 63.9 Å². The topological polar surface area (TPSA) is 148 Å². The average Bonchev–Trinajstić information content (AvgIpc) is 2.95. The molecule has 6 N–H and O–H groups in total. The van der Waals surface area contributed by atoms with E-state index in [0.29, 0.717) is 30.3 Å². The van der Waals surface area contributed by atoms with Gasteiger partial charge in [-0.25, -0.2) is 0 Å². The van der Waals surface area contributed by atoms with E-state index in [1.165, 1.54) is 0 Å². The number of nitrogens with one attached hydrogen (secondary N) is 2. The van der Waals surface area contributed by atoms with Crippen LogP contribution in [0.2, 0.25) is 0 Å². The molecule has 0 aromatic heterocycles. The fourth-order valence-corrected chi connectivity index (χ4v) is 4.40. The molecule has 0 saturated heterocycles. The van der Waals surface area contributed by atoms with Crippen LogP contribution in [0, 0.1) is 0 Å². The molecule has 0 saturated carbocycles. The van der Waals surface area contributed by atoms with Crippen molar-refractivity contribution in [1.29, 1.82) is 0 Å². The first-order valence-electron chi connectivity index (χ1n) is 12.9. The number of ether oxygens (including phenoxy) is 1. The second-order valence-corrected chi connectivity index (χ2v) is 10.1. The first-order valence-corrected chi connectivity index (χ1v) is 12.9. The first-order chi connectivity index (χ1) is 22.1. The van der Waals surface area contributed by atoms with Gasteiger partial charge in [0, 0.05) is 29.5 Å². The van der Waals surface area contributed by atoms with Crippen molar-refractivity contribution in [2.75, 3.05) is 17.7 Å². The number of hydrogen-bond donors (Lipinski definition) is 6. The van der Waals surface area contributed by atoms with Crippen LogP contribution in [-0.2, 0) is 11.2 Å². The number of phenols is 2. The summed E-state index contributed by atoms with van der Waals surface area (Å²) in [5.41, 5.74) is -19.5. The summed E-state index contributed by atoms with van der Waals surface area (Å²) in [5, 5.41) is 43.6. The largest absolute Gasteiger partial charge is 0.507 e. The van der Waals surface area contributed by atoms with Gasteiger partial charge in [-0.05, 0) is 55.5 Å². The van der Waals surface area contributed by atoms with Crippen molar-refractivity contribution in [2.45, 2.75) is 42.8 Å². The van der Waals surface area contributed by atoms with Gasteiger partial charge in [0.25, 0.3) is 17.1 Å². The summed E-state index contributed by atoms with van der Waals surface area (Å²) < 4.78 is 170. The molecule has 0 bridgehead atoms. The molecule has 268 valence electrons. The Morgan fingerprint density at radius 2 is 0.980 bits per heavy atom. The normalized spacial score (nSPS) is 13.2. The van der Waals surface area contributed by atoms with Gasteiger partial charge in [-0.15, -0.1) is 0 Å². The molecular formula is C28H20F12N2O7. The summed E-state index contributed by atoms with van der Waals surface area (Å²) in [4.78, 5) is 24.4. The predicted molar refractivity (Wildman–Crippen MR) is 142 cm³/mol. The van der Waals surface area contributed by atoms with E-state index in [9.17, 15) is 82.7 Å². The van der Waals surface area contributed by atoms with Crippen LogP contribution in [0.3, 0.4) is 0 Å². The minimum atomic E-state index is -6.62. The van der Waals surface area contributed by atoms with Gasteiger partial charge in [0.1, 0.15) is 23.0 Å². The maximum absolute atomic E-state index is 13.9. The quantitative estimate of drug-likeness (QED) is 0.0826. The van der Waals surface area contributed by atoms with Crippen molar-refractivity contribution in [3.8, 4) is 23.0 Å². The van der Waals surface area contributed by atoms with E-state index < -0.39 is 104 Å². The van der Waals surface area contributed by atoms with Gasteiger partial charge in [-0.2, -0.15) is 52.7 Å². The van der Waals surface area contributed by atoms with Crippen molar-refractivity contribution >= 4 is 23.1 Å². The number of anilines is 2. The Balaban J connectivity index is 2.24. The molecule has 0 aliphatic carbocycles. The molecule has 3 rings (SSSR count). The second kappa shape index (κ2) is 12.5. The molecule has 3 aromatic carbocycles. The Kier molecular flexibility index (Phi) is 9.84. The molecule has 0 fully saturated rings. The molecule has 49 heavy (non-hydrogen) atoms. The Morgan fingerprint density at radius 3 is 1.37 bits per heavy atom. The summed E-state index contributed by atoms with van der Waals surface area (Å²) >= 11 is 0. The van der Waals surface area contributed by atoms with Gasteiger partial charge in [0.05, 0.1) is 11.1 Å². The Labute approximate surface area is 265 Å². The van der Waals surface area contributed by atoms with Crippen LogP contribution >= 0.6 is 0 Å². The van der Waals surface area contributed by atoms with E-state index in [-0.39, 0.29) is 18.2 Å². The number of hydrogen-bond acceptors (Lipinski definition) is 8. The minimum absolute atomic E-state index is 0.0537. The molecule has 0 heterocycles. The number of carbonyl (C=O) groups is 2. The molecule has 9 nitrogen and oxygen atoms in total. The van der Waals surface area contributed by atoms with Crippen molar-refractivity contribution in [1.82, 2.24) is 0 Å². The molecule has 0 radical (unpaired) electrons. The Bertz CT molecular complexity index is 1740. The number of halogens is 12. The van der Waals surface area contributed by atoms with E-state index >= 15 is 0 Å². The minimum Gasteiger partial charge on any atom is -0.507 e. The standard InChI is InChI=1S/C28H20F12N2O7/c1-11(43)14-9-21(45)15(10-20(14)44)22(46)42-19-6-4-13(8-17(19)24(48,27(35,36)37)28(38,39)40)49-12-3-5-18(41-2)16(7-12)23(47,25(29,30)31)26(32,33)34/h3-10,41,44-45,47-48H,1-2H3,(H,42,46). The zero-order valence-corrected chi connectivity index (χ0v) is 24.2. The van der Waals surface area contributed by atoms with Gasteiger partial charge in [-0.1, -0.05) is 0 Å². The second-order valence-electron chi connectivity index (χ2n) is 10.1. The first kappa shape index (κ1) is 38.5. The van der Waals surface area contributed by atoms with Gasteiger partial charge in [0.15, 0.2) is 5.78 Å². The zero-order valence-electron chi connectivity index (χ0n) is 24.2. The summed E-state index contributed by atoms with van der Waals surface area (Å²) in [6, 6.07) is 2.61. The number of carbonyl (C=O) groups excluding carboxylic acids is 2. The molecule has 3 aromatic rings. The van der Waals surface area contributed by atoms with E-state index in [4.69, 9.17) is 4.74 Å². The van der Waals surface area contributed by atoms with E-state index in [2.05, 4.69) is 0 Å². The van der Waals surface area contributed by atoms with Crippen molar-refractivity contribution in [2.24, 2.45) is 0 Å². The van der Waals surface area contributed by atoms with E-state index in [0.717, 1.165) is 14.0 Å². The smallest absolute Gasteiger partial charge is 0.430 e. The molecular weight excluding hydrogens is 704 g/mol. The zero-order chi connectivity index (χ0) is 37.7. The highest BCUT2D eigenvalue weighted by atomic mass is 19.4. The van der Waals surface area contributed by atoms with Crippen LogP contribution < -0.4 is 15.4 Å². The van der Waals surface area contributed by atoms with Crippen LogP contribution in [0.15, 0.2) is 48.5 Å². The fourth-order valence-electron chi connectivity index (χ4n) is 4.40. The number of alkyl halides is 12. The number of ketones is 1. The maximum atomic E-state index is 13.9. The van der Waals surface area contributed by atoms with Crippen LogP contribution in [0.25, 0.3) is 0 Å². The molecule has 0 atom stereocenters. The average molecular weight is 724 g/mol. The third kappa shape index (κ3) is 6.84. The van der Waals surface area contributed by atoms with Crippen LogP contribution in [0.4, 0.5) is 64.1 Å². The Hall–Kier alpha value is -4.92. The fraction of sp³-hybridized carbons (Fsp3) is 0.286. The van der Waals surface area contributed by atoms with Crippen LogP contribution in [0.5, 0.6) is 23.0 Å². The molecule has 0 aliphatic heterocycles. The number of rotatable bonds is 8. The van der Waals surface area contributed by atoms with Crippen molar-refractivity contribution < 1.29 is 87.4 Å². The lowest BCUT2D eigenvalue weighted by Crippen LogP contribution is -2.54. The molecule has 1 amide bonds. The van der Waals surface area contributed by atoms with E-state index in [1.54, 1.807) is 5.32 Å². The molecule has 0 aliphatic rings. The summed E-state index contributed by atoms with van der Waals surface area (Å²) in [6.07, 6.45) is -26.1. The number of benzene rings is 3. The lowest BCUT2D eigenvalue weighted by Gasteiger charge is -2.34.